The van der Waals surface area contributed by atoms with Gasteiger partial charge in [-0.05, 0) is 52.6 Å². The molecule has 20 heavy (non-hydrogen) atoms. The summed E-state index contributed by atoms with van der Waals surface area (Å²) in [5, 5.41) is 0. The van der Waals surface area contributed by atoms with E-state index < -0.39 is 0 Å². The summed E-state index contributed by atoms with van der Waals surface area (Å²) in [6, 6.07) is 0.969. The van der Waals surface area contributed by atoms with Gasteiger partial charge in [0.1, 0.15) is 6.10 Å². The van der Waals surface area contributed by atoms with Gasteiger partial charge in [0.05, 0.1) is 0 Å². The maximum Gasteiger partial charge on any atom is 0.251 e. The minimum absolute atomic E-state index is 0.198. The molecule has 4 heteroatoms. The van der Waals surface area contributed by atoms with Crippen LogP contribution in [0, 0.1) is 0 Å². The van der Waals surface area contributed by atoms with Crippen molar-refractivity contribution in [1.82, 2.24) is 9.80 Å². The molecular weight excluding hydrogens is 252 g/mol. The van der Waals surface area contributed by atoms with Crippen LogP contribution in [-0.4, -0.2) is 60.6 Å². The van der Waals surface area contributed by atoms with Crippen molar-refractivity contribution in [3.63, 3.8) is 0 Å². The van der Waals surface area contributed by atoms with Crippen LogP contribution < -0.4 is 0 Å². The van der Waals surface area contributed by atoms with Gasteiger partial charge in [0.2, 0.25) is 0 Å². The van der Waals surface area contributed by atoms with E-state index in [-0.39, 0.29) is 12.0 Å². The van der Waals surface area contributed by atoms with Gasteiger partial charge in [-0.1, -0.05) is 13.3 Å². The summed E-state index contributed by atoms with van der Waals surface area (Å²) in [6.45, 7) is 6.83. The van der Waals surface area contributed by atoms with Crippen molar-refractivity contribution < 1.29 is 9.53 Å². The molecule has 2 heterocycles. The van der Waals surface area contributed by atoms with Crippen LogP contribution in [0.5, 0.6) is 0 Å². The molecule has 0 radical (unpaired) electrons. The lowest BCUT2D eigenvalue weighted by atomic mass is 10.0. The van der Waals surface area contributed by atoms with Crippen molar-refractivity contribution in [1.29, 1.82) is 0 Å². The third kappa shape index (κ3) is 3.53. The van der Waals surface area contributed by atoms with Gasteiger partial charge in [0.15, 0.2) is 0 Å². The first-order valence-corrected chi connectivity index (χ1v) is 8.27. The van der Waals surface area contributed by atoms with E-state index in [2.05, 4.69) is 23.8 Å². The second kappa shape index (κ2) is 7.41. The fourth-order valence-electron chi connectivity index (χ4n) is 3.60. The SMILES string of the molecule is CCCCO[C@H](C)C(=O)N1CCC[C@H]1[C@H]1CCCN1C. The van der Waals surface area contributed by atoms with Gasteiger partial charge in [-0.3, -0.25) is 4.79 Å². The molecule has 2 aliphatic rings. The summed E-state index contributed by atoms with van der Waals surface area (Å²) in [7, 11) is 2.19. The van der Waals surface area contributed by atoms with Gasteiger partial charge in [-0.2, -0.15) is 0 Å². The fourth-order valence-corrected chi connectivity index (χ4v) is 3.60. The number of likely N-dealkylation sites (N-methyl/N-ethyl adjacent to an activating group) is 1. The zero-order valence-corrected chi connectivity index (χ0v) is 13.3. The maximum atomic E-state index is 12.6. The Balaban J connectivity index is 1.90. The number of rotatable bonds is 6. The molecule has 0 aromatic rings. The molecule has 0 spiro atoms. The third-order valence-corrected chi connectivity index (χ3v) is 4.82. The Hall–Kier alpha value is -0.610. The standard InChI is InChI=1S/C16H30N2O2/c1-4-5-12-20-13(2)16(19)18-11-7-9-15(18)14-8-6-10-17(14)3/h13-15H,4-12H2,1-3H3/t13-,14-,15+/m1/s1. The predicted molar refractivity (Wildman–Crippen MR) is 80.7 cm³/mol. The van der Waals surface area contributed by atoms with Crippen molar-refractivity contribution in [2.75, 3.05) is 26.7 Å². The number of carbonyl (C=O) groups is 1. The molecule has 0 aliphatic carbocycles. The Labute approximate surface area is 123 Å². The summed E-state index contributed by atoms with van der Waals surface area (Å²) in [6.07, 6.45) is 6.66. The van der Waals surface area contributed by atoms with Crippen LogP contribution in [0.25, 0.3) is 0 Å². The molecular formula is C16H30N2O2. The first kappa shape index (κ1) is 15.8. The largest absolute Gasteiger partial charge is 0.369 e. The second-order valence-electron chi connectivity index (χ2n) is 6.30. The summed E-state index contributed by atoms with van der Waals surface area (Å²) in [5.74, 6) is 0.198. The number of unbranched alkanes of at least 4 members (excludes halogenated alkanes) is 1. The zero-order chi connectivity index (χ0) is 14.5. The van der Waals surface area contributed by atoms with E-state index in [0.29, 0.717) is 18.7 Å². The van der Waals surface area contributed by atoms with E-state index in [9.17, 15) is 4.79 Å². The Bertz CT molecular complexity index is 322. The van der Waals surface area contributed by atoms with E-state index >= 15 is 0 Å². The normalized spacial score (nSPS) is 29.1. The lowest BCUT2D eigenvalue weighted by Gasteiger charge is -2.34. The maximum absolute atomic E-state index is 12.6. The minimum Gasteiger partial charge on any atom is -0.369 e. The molecule has 1 amide bonds. The zero-order valence-electron chi connectivity index (χ0n) is 13.3. The first-order chi connectivity index (χ1) is 9.65. The first-order valence-electron chi connectivity index (χ1n) is 8.27. The Morgan fingerprint density at radius 2 is 1.95 bits per heavy atom. The summed E-state index contributed by atoms with van der Waals surface area (Å²) in [4.78, 5) is 17.1. The number of ether oxygens (including phenoxy) is 1. The highest BCUT2D eigenvalue weighted by Gasteiger charge is 2.39. The summed E-state index contributed by atoms with van der Waals surface area (Å²) in [5.41, 5.74) is 0. The molecule has 4 nitrogen and oxygen atoms in total. The summed E-state index contributed by atoms with van der Waals surface area (Å²) >= 11 is 0. The van der Waals surface area contributed by atoms with Crippen LogP contribution in [0.2, 0.25) is 0 Å². The van der Waals surface area contributed by atoms with Gasteiger partial charge in [0, 0.05) is 25.2 Å². The second-order valence-corrected chi connectivity index (χ2v) is 6.30. The van der Waals surface area contributed by atoms with E-state index in [4.69, 9.17) is 4.74 Å². The average Bonchev–Trinajstić information content (AvgIpc) is 3.06. The lowest BCUT2D eigenvalue weighted by molar-refractivity contribution is -0.144. The van der Waals surface area contributed by atoms with Crippen LogP contribution in [0.1, 0.15) is 52.4 Å². The van der Waals surface area contributed by atoms with Gasteiger partial charge in [-0.25, -0.2) is 0 Å². The minimum atomic E-state index is -0.283. The highest BCUT2D eigenvalue weighted by molar-refractivity contribution is 5.81. The van der Waals surface area contributed by atoms with E-state index in [1.54, 1.807) is 0 Å². The highest BCUT2D eigenvalue weighted by Crippen LogP contribution is 2.29. The van der Waals surface area contributed by atoms with Crippen LogP contribution in [-0.2, 0) is 9.53 Å². The molecule has 2 rings (SSSR count). The molecule has 2 fully saturated rings. The van der Waals surface area contributed by atoms with Crippen molar-refractivity contribution in [3.05, 3.63) is 0 Å². The van der Waals surface area contributed by atoms with E-state index in [0.717, 1.165) is 32.2 Å². The number of hydrogen-bond acceptors (Lipinski definition) is 3. The number of hydrogen-bond donors (Lipinski definition) is 0. The monoisotopic (exact) mass is 282 g/mol. The molecule has 0 aromatic heterocycles. The smallest absolute Gasteiger partial charge is 0.251 e. The summed E-state index contributed by atoms with van der Waals surface area (Å²) < 4.78 is 5.69. The predicted octanol–water partition coefficient (Wildman–Crippen LogP) is 2.28. The topological polar surface area (TPSA) is 32.8 Å². The third-order valence-electron chi connectivity index (χ3n) is 4.82. The molecule has 0 N–H and O–H groups in total. The number of nitrogens with zero attached hydrogens (tertiary/aromatic N) is 2. The Kier molecular flexibility index (Phi) is 5.85. The molecule has 0 bridgehead atoms. The highest BCUT2D eigenvalue weighted by atomic mass is 16.5. The molecule has 0 aromatic carbocycles. The molecule has 0 unspecified atom stereocenters. The van der Waals surface area contributed by atoms with Crippen LogP contribution >= 0.6 is 0 Å². The Morgan fingerprint density at radius 1 is 1.25 bits per heavy atom. The van der Waals surface area contributed by atoms with Gasteiger partial charge >= 0.3 is 0 Å². The van der Waals surface area contributed by atoms with Gasteiger partial charge in [-0.15, -0.1) is 0 Å². The van der Waals surface area contributed by atoms with Crippen LogP contribution in [0.4, 0.5) is 0 Å². The Morgan fingerprint density at radius 3 is 2.60 bits per heavy atom. The van der Waals surface area contributed by atoms with Crippen molar-refractivity contribution in [2.24, 2.45) is 0 Å². The van der Waals surface area contributed by atoms with Crippen molar-refractivity contribution in [2.45, 2.75) is 70.6 Å². The molecule has 116 valence electrons. The van der Waals surface area contributed by atoms with Gasteiger partial charge < -0.3 is 14.5 Å². The van der Waals surface area contributed by atoms with E-state index in [1.807, 2.05) is 6.92 Å². The van der Waals surface area contributed by atoms with E-state index in [1.165, 1.54) is 19.4 Å². The number of carbonyl (C=O) groups excluding carboxylic acids is 1. The molecule has 2 saturated heterocycles. The van der Waals surface area contributed by atoms with Gasteiger partial charge in [0.25, 0.3) is 5.91 Å². The number of likely N-dealkylation sites (tertiary alicyclic amines) is 2. The molecule has 0 saturated carbocycles. The average molecular weight is 282 g/mol. The quantitative estimate of drug-likeness (QED) is 0.701. The van der Waals surface area contributed by atoms with Crippen molar-refractivity contribution >= 4 is 5.91 Å². The molecule has 2 aliphatic heterocycles. The van der Waals surface area contributed by atoms with Crippen LogP contribution in [0.3, 0.4) is 0 Å². The number of amides is 1. The lowest BCUT2D eigenvalue weighted by Crippen LogP contribution is -2.50. The fraction of sp³-hybridized carbons (Fsp3) is 0.938. The molecule has 3 atom stereocenters. The van der Waals surface area contributed by atoms with Crippen molar-refractivity contribution in [3.8, 4) is 0 Å². The van der Waals surface area contributed by atoms with Crippen LogP contribution in [0.15, 0.2) is 0 Å².